The van der Waals surface area contributed by atoms with Crippen LogP contribution in [0.3, 0.4) is 0 Å². The first-order valence-corrected chi connectivity index (χ1v) is 9.08. The number of nitrogens with one attached hydrogen (secondary N) is 1. The average molecular weight is 399 g/mol. The minimum atomic E-state index is -0.649. The van der Waals surface area contributed by atoms with E-state index in [2.05, 4.69) is 5.32 Å². The van der Waals surface area contributed by atoms with Crippen LogP contribution >= 0.6 is 24.2 Å². The molecule has 7 heteroatoms. The molecular weight excluding hydrogens is 378 g/mol. The minimum Gasteiger partial charge on any atom is -0.340 e. The molecule has 3 rings (SSSR count). The van der Waals surface area contributed by atoms with Crippen LogP contribution in [0.1, 0.15) is 17.2 Å². The molecule has 1 fully saturated rings. The lowest BCUT2D eigenvalue weighted by molar-refractivity contribution is -0.131. The zero-order valence-corrected chi connectivity index (χ0v) is 16.0. The largest absolute Gasteiger partial charge is 0.340 e. The lowest BCUT2D eigenvalue weighted by Gasteiger charge is -2.28. The van der Waals surface area contributed by atoms with Crippen LogP contribution in [0.15, 0.2) is 53.4 Å². The van der Waals surface area contributed by atoms with Gasteiger partial charge in [-0.15, -0.1) is 24.2 Å². The normalized spacial score (nSPS) is 17.4. The third kappa shape index (κ3) is 4.75. The van der Waals surface area contributed by atoms with E-state index in [1.165, 1.54) is 12.1 Å². The molecule has 1 amide bonds. The fourth-order valence-corrected chi connectivity index (χ4v) is 4.05. The van der Waals surface area contributed by atoms with Gasteiger partial charge in [0.2, 0.25) is 5.91 Å². The van der Waals surface area contributed by atoms with Crippen LogP contribution in [-0.2, 0) is 4.79 Å². The smallest absolute Gasteiger partial charge is 0.240 e. The fraction of sp³-hybridized carbons (Fsp3) is 0.316. The second-order valence-corrected chi connectivity index (χ2v) is 7.23. The van der Waals surface area contributed by atoms with Crippen molar-refractivity contribution in [1.82, 2.24) is 10.2 Å². The number of likely N-dealkylation sites (N-methyl/N-ethyl adjacent to an activating group) is 1. The van der Waals surface area contributed by atoms with Crippen molar-refractivity contribution in [2.24, 2.45) is 0 Å². The monoisotopic (exact) mass is 398 g/mol. The summed E-state index contributed by atoms with van der Waals surface area (Å²) in [4.78, 5) is 15.1. The molecule has 2 unspecified atom stereocenters. The highest BCUT2D eigenvalue weighted by Gasteiger charge is 2.31. The van der Waals surface area contributed by atoms with Crippen molar-refractivity contribution >= 4 is 30.1 Å². The molecule has 1 aliphatic rings. The van der Waals surface area contributed by atoms with Crippen LogP contribution in [0.4, 0.5) is 8.78 Å². The van der Waals surface area contributed by atoms with Gasteiger partial charge in [0.1, 0.15) is 16.9 Å². The van der Waals surface area contributed by atoms with Crippen molar-refractivity contribution in [3.63, 3.8) is 0 Å². The number of thioether (sulfide) groups is 1. The minimum absolute atomic E-state index is 0. The van der Waals surface area contributed by atoms with Crippen LogP contribution in [0.25, 0.3) is 0 Å². The van der Waals surface area contributed by atoms with Crippen LogP contribution in [0.5, 0.6) is 0 Å². The highest BCUT2D eigenvalue weighted by molar-refractivity contribution is 8.00. The molecule has 2 aromatic rings. The molecule has 0 aliphatic carbocycles. The van der Waals surface area contributed by atoms with Crippen LogP contribution < -0.4 is 5.32 Å². The quantitative estimate of drug-likeness (QED) is 0.771. The molecule has 140 valence electrons. The van der Waals surface area contributed by atoms with Gasteiger partial charge in [-0.3, -0.25) is 4.79 Å². The summed E-state index contributed by atoms with van der Waals surface area (Å²) in [5.41, 5.74) is 0.805. The van der Waals surface area contributed by atoms with Gasteiger partial charge in [0.15, 0.2) is 0 Å². The van der Waals surface area contributed by atoms with E-state index in [9.17, 15) is 13.6 Å². The zero-order chi connectivity index (χ0) is 17.8. The van der Waals surface area contributed by atoms with Gasteiger partial charge in [0, 0.05) is 30.6 Å². The molecule has 0 bridgehead atoms. The van der Waals surface area contributed by atoms with Crippen molar-refractivity contribution in [3.8, 4) is 0 Å². The van der Waals surface area contributed by atoms with E-state index in [1.807, 2.05) is 30.3 Å². The Hall–Kier alpha value is -1.63. The van der Waals surface area contributed by atoms with Crippen LogP contribution in [0, 0.1) is 11.6 Å². The van der Waals surface area contributed by atoms with Crippen LogP contribution in [-0.4, -0.2) is 37.0 Å². The SMILES string of the molecule is CN(C(=O)C(Sc1ccc(F)cc1F)c1ccccc1)C1CCNC1.Cl. The Balaban J connectivity index is 0.00000243. The summed E-state index contributed by atoms with van der Waals surface area (Å²) in [6.07, 6.45) is 0.902. The zero-order valence-electron chi connectivity index (χ0n) is 14.3. The molecule has 2 atom stereocenters. The lowest BCUT2D eigenvalue weighted by atomic mass is 10.1. The van der Waals surface area contributed by atoms with E-state index >= 15 is 0 Å². The van der Waals surface area contributed by atoms with Gasteiger partial charge >= 0.3 is 0 Å². The standard InChI is InChI=1S/C19H20F2N2OS.ClH/c1-23(15-9-10-22-12-15)19(24)18(13-5-3-2-4-6-13)25-17-8-7-14(20)11-16(17)21;/h2-8,11,15,18,22H,9-10,12H2,1H3;1H. The van der Waals surface area contributed by atoms with Gasteiger partial charge in [0.25, 0.3) is 0 Å². The summed E-state index contributed by atoms with van der Waals surface area (Å²) in [5.74, 6) is -1.35. The van der Waals surface area contributed by atoms with Crippen molar-refractivity contribution in [2.75, 3.05) is 20.1 Å². The topological polar surface area (TPSA) is 32.3 Å². The first-order chi connectivity index (χ1) is 12.1. The predicted molar refractivity (Wildman–Crippen MR) is 103 cm³/mol. The molecule has 2 aromatic carbocycles. The second-order valence-electron chi connectivity index (χ2n) is 6.08. The number of amides is 1. The van der Waals surface area contributed by atoms with Gasteiger partial charge < -0.3 is 10.2 Å². The number of halogens is 3. The first-order valence-electron chi connectivity index (χ1n) is 8.20. The van der Waals surface area contributed by atoms with Gasteiger partial charge in [0.05, 0.1) is 0 Å². The maximum atomic E-state index is 14.1. The predicted octanol–water partition coefficient (Wildman–Crippen LogP) is 4.04. The first kappa shape index (κ1) is 20.7. The van der Waals surface area contributed by atoms with Gasteiger partial charge in [-0.25, -0.2) is 8.78 Å². The van der Waals surface area contributed by atoms with Gasteiger partial charge in [-0.1, -0.05) is 30.3 Å². The number of carbonyl (C=O) groups excluding carboxylic acids is 1. The van der Waals surface area contributed by atoms with Crippen molar-refractivity contribution in [3.05, 3.63) is 65.7 Å². The van der Waals surface area contributed by atoms with E-state index in [0.717, 1.165) is 42.9 Å². The number of nitrogens with zero attached hydrogens (tertiary/aromatic N) is 1. The van der Waals surface area contributed by atoms with E-state index in [-0.39, 0.29) is 29.3 Å². The molecular formula is C19H21ClF2N2OS. The fourth-order valence-electron chi connectivity index (χ4n) is 2.92. The maximum Gasteiger partial charge on any atom is 0.240 e. The van der Waals surface area contributed by atoms with E-state index in [1.54, 1.807) is 11.9 Å². The van der Waals surface area contributed by atoms with Crippen LogP contribution in [0.2, 0.25) is 0 Å². The molecule has 0 radical (unpaired) electrons. The Morgan fingerprint density at radius 3 is 2.58 bits per heavy atom. The summed E-state index contributed by atoms with van der Waals surface area (Å²) in [7, 11) is 1.79. The Morgan fingerprint density at radius 2 is 1.96 bits per heavy atom. The van der Waals surface area contributed by atoms with E-state index in [4.69, 9.17) is 0 Å². The summed E-state index contributed by atoms with van der Waals surface area (Å²) in [5, 5.41) is 2.67. The summed E-state index contributed by atoms with van der Waals surface area (Å²) in [6, 6.07) is 12.9. The summed E-state index contributed by atoms with van der Waals surface area (Å²) >= 11 is 1.12. The van der Waals surface area contributed by atoms with Crippen molar-refractivity contribution < 1.29 is 13.6 Å². The second kappa shape index (κ2) is 9.35. The van der Waals surface area contributed by atoms with Crippen molar-refractivity contribution in [1.29, 1.82) is 0 Å². The third-order valence-corrected chi connectivity index (χ3v) is 5.69. The highest BCUT2D eigenvalue weighted by atomic mass is 35.5. The van der Waals surface area contributed by atoms with Gasteiger partial charge in [-0.2, -0.15) is 0 Å². The highest BCUT2D eigenvalue weighted by Crippen LogP contribution is 2.38. The average Bonchev–Trinajstić information content (AvgIpc) is 3.15. The van der Waals surface area contributed by atoms with Crippen molar-refractivity contribution in [2.45, 2.75) is 22.6 Å². The number of hydrogen-bond donors (Lipinski definition) is 1. The Bertz CT molecular complexity index is 742. The molecule has 1 heterocycles. The maximum absolute atomic E-state index is 14.1. The molecule has 26 heavy (non-hydrogen) atoms. The molecule has 0 spiro atoms. The summed E-state index contributed by atoms with van der Waals surface area (Å²) < 4.78 is 27.3. The summed E-state index contributed by atoms with van der Waals surface area (Å²) in [6.45, 7) is 1.65. The van der Waals surface area contributed by atoms with E-state index in [0.29, 0.717) is 0 Å². The number of benzene rings is 2. The molecule has 3 nitrogen and oxygen atoms in total. The number of carbonyl (C=O) groups is 1. The molecule has 0 saturated carbocycles. The number of hydrogen-bond acceptors (Lipinski definition) is 3. The molecule has 0 aromatic heterocycles. The third-order valence-electron chi connectivity index (χ3n) is 4.40. The molecule has 1 saturated heterocycles. The molecule has 1 N–H and O–H groups in total. The Kier molecular flexibility index (Phi) is 7.43. The Morgan fingerprint density at radius 1 is 1.23 bits per heavy atom. The number of rotatable bonds is 5. The Labute approximate surface area is 162 Å². The van der Waals surface area contributed by atoms with Gasteiger partial charge in [-0.05, 0) is 30.7 Å². The lowest BCUT2D eigenvalue weighted by Crippen LogP contribution is -2.40. The van der Waals surface area contributed by atoms with E-state index < -0.39 is 16.9 Å². The molecule has 1 aliphatic heterocycles.